The van der Waals surface area contributed by atoms with Crippen LogP contribution >= 0.6 is 15.9 Å². The Morgan fingerprint density at radius 1 is 1.53 bits per heavy atom. The number of carbonyl (C=O) groups excluding carboxylic acids is 1. The maximum atomic E-state index is 12.6. The summed E-state index contributed by atoms with van der Waals surface area (Å²) in [6, 6.07) is 5.77. The molecule has 0 amide bonds. The van der Waals surface area contributed by atoms with Crippen LogP contribution in [-0.4, -0.2) is 26.0 Å². The molecule has 0 spiro atoms. The lowest BCUT2D eigenvalue weighted by atomic mass is 9.78. The summed E-state index contributed by atoms with van der Waals surface area (Å²) < 4.78 is 6.20. The Morgan fingerprint density at radius 3 is 2.89 bits per heavy atom. The van der Waals surface area contributed by atoms with E-state index < -0.39 is 0 Å². The van der Waals surface area contributed by atoms with Crippen molar-refractivity contribution in [1.29, 1.82) is 0 Å². The second-order valence-corrected chi connectivity index (χ2v) is 5.97. The van der Waals surface area contributed by atoms with Crippen molar-refractivity contribution < 1.29 is 9.53 Å². The first-order chi connectivity index (χ1) is 9.11. The molecule has 3 nitrogen and oxygen atoms in total. The van der Waals surface area contributed by atoms with Gasteiger partial charge in [-0.1, -0.05) is 22.9 Å². The van der Waals surface area contributed by atoms with Crippen molar-refractivity contribution in [2.24, 2.45) is 5.41 Å². The van der Waals surface area contributed by atoms with Crippen LogP contribution < -0.4 is 10.1 Å². The van der Waals surface area contributed by atoms with E-state index in [1.807, 2.05) is 18.2 Å². The predicted octanol–water partition coefficient (Wildman–Crippen LogP) is 2.96. The van der Waals surface area contributed by atoms with Gasteiger partial charge in [0, 0.05) is 22.9 Å². The van der Waals surface area contributed by atoms with Gasteiger partial charge in [0.15, 0.2) is 0 Å². The molecule has 0 saturated carbocycles. The van der Waals surface area contributed by atoms with Gasteiger partial charge >= 0.3 is 0 Å². The molecule has 0 aliphatic carbocycles. The van der Waals surface area contributed by atoms with Crippen molar-refractivity contribution in [3.05, 3.63) is 28.2 Å². The van der Waals surface area contributed by atoms with Crippen molar-refractivity contribution in [3.63, 3.8) is 0 Å². The van der Waals surface area contributed by atoms with Crippen LogP contribution in [0.1, 0.15) is 25.3 Å². The molecule has 19 heavy (non-hydrogen) atoms. The monoisotopic (exact) mass is 325 g/mol. The van der Waals surface area contributed by atoms with E-state index in [2.05, 4.69) is 28.2 Å². The largest absolute Gasteiger partial charge is 0.497 e. The molecule has 1 aromatic rings. The number of ether oxygens (including phenoxy) is 1. The lowest BCUT2D eigenvalue weighted by molar-refractivity contribution is -0.127. The number of ketones is 1. The second-order valence-electron chi connectivity index (χ2n) is 5.12. The summed E-state index contributed by atoms with van der Waals surface area (Å²) >= 11 is 3.51. The highest BCUT2D eigenvalue weighted by Crippen LogP contribution is 2.33. The number of benzene rings is 1. The number of Topliss-reactive ketones (excluding diaryl/α,β-unsaturated/α-hetero) is 1. The van der Waals surface area contributed by atoms with E-state index >= 15 is 0 Å². The van der Waals surface area contributed by atoms with Crippen LogP contribution in [0.15, 0.2) is 22.7 Å². The second kappa shape index (κ2) is 6.06. The number of hydrogen-bond donors (Lipinski definition) is 1. The maximum Gasteiger partial charge on any atom is 0.144 e. The first kappa shape index (κ1) is 14.5. The fraction of sp³-hybridized carbons (Fsp3) is 0.533. The Hall–Kier alpha value is -0.870. The lowest BCUT2D eigenvalue weighted by Gasteiger charge is -2.25. The van der Waals surface area contributed by atoms with Gasteiger partial charge in [0.1, 0.15) is 11.5 Å². The summed E-state index contributed by atoms with van der Waals surface area (Å²) in [6.45, 7) is 3.86. The lowest BCUT2D eigenvalue weighted by Crippen LogP contribution is -2.34. The number of carbonyl (C=O) groups is 1. The zero-order valence-electron chi connectivity index (χ0n) is 11.5. The van der Waals surface area contributed by atoms with Gasteiger partial charge < -0.3 is 10.1 Å². The standard InChI is InChI=1S/C15H20BrNO2/c1-3-15(6-7-17-10-15)14(18)9-11-8-12(19-2)4-5-13(11)16/h4-5,8,17H,3,6-7,9-10H2,1-2H3. The average Bonchev–Trinajstić information content (AvgIpc) is 2.91. The Bertz CT molecular complexity index is 467. The van der Waals surface area contributed by atoms with E-state index in [0.29, 0.717) is 12.2 Å². The molecule has 1 fully saturated rings. The van der Waals surface area contributed by atoms with Gasteiger partial charge in [-0.25, -0.2) is 0 Å². The van der Waals surface area contributed by atoms with Crippen LogP contribution in [0.25, 0.3) is 0 Å². The highest BCUT2D eigenvalue weighted by molar-refractivity contribution is 9.10. The minimum absolute atomic E-state index is 0.178. The average molecular weight is 326 g/mol. The normalized spacial score (nSPS) is 22.5. The molecule has 0 bridgehead atoms. The summed E-state index contributed by atoms with van der Waals surface area (Å²) in [6.07, 6.45) is 2.32. The minimum Gasteiger partial charge on any atom is -0.497 e. The number of halogens is 1. The molecule has 1 atom stereocenters. The van der Waals surface area contributed by atoms with Crippen LogP contribution in [0.5, 0.6) is 5.75 Å². The molecule has 1 aromatic carbocycles. The number of methoxy groups -OCH3 is 1. The SMILES string of the molecule is CCC1(C(=O)Cc2cc(OC)ccc2Br)CCNC1. The zero-order chi connectivity index (χ0) is 13.9. The summed E-state index contributed by atoms with van der Waals surface area (Å²) in [5.41, 5.74) is 0.826. The summed E-state index contributed by atoms with van der Waals surface area (Å²) in [5, 5.41) is 3.31. The fourth-order valence-electron chi connectivity index (χ4n) is 2.65. The number of nitrogens with one attached hydrogen (secondary N) is 1. The molecule has 1 aliphatic heterocycles. The summed E-state index contributed by atoms with van der Waals surface area (Å²) in [5.74, 6) is 1.12. The van der Waals surface area contributed by atoms with Gasteiger partial charge in [-0.3, -0.25) is 4.79 Å². The number of rotatable bonds is 5. The maximum absolute atomic E-state index is 12.6. The van der Waals surface area contributed by atoms with Crippen LogP contribution in [0.2, 0.25) is 0 Å². The Labute approximate surface area is 122 Å². The van der Waals surface area contributed by atoms with Crippen LogP contribution in [0.4, 0.5) is 0 Å². The molecular weight excluding hydrogens is 306 g/mol. The van der Waals surface area contributed by atoms with Crippen molar-refractivity contribution in [3.8, 4) is 5.75 Å². The molecule has 1 aliphatic rings. The Kier molecular flexibility index (Phi) is 4.63. The van der Waals surface area contributed by atoms with Gasteiger partial charge in [-0.05, 0) is 43.1 Å². The van der Waals surface area contributed by atoms with Gasteiger partial charge in [-0.15, -0.1) is 0 Å². The Morgan fingerprint density at radius 2 is 2.32 bits per heavy atom. The van der Waals surface area contributed by atoms with Gasteiger partial charge in [0.2, 0.25) is 0 Å². The minimum atomic E-state index is -0.178. The number of hydrogen-bond acceptors (Lipinski definition) is 3. The molecule has 0 aromatic heterocycles. The van der Waals surface area contributed by atoms with Crippen molar-refractivity contribution in [2.45, 2.75) is 26.2 Å². The topological polar surface area (TPSA) is 38.3 Å². The van der Waals surface area contributed by atoms with E-state index in [4.69, 9.17) is 4.74 Å². The molecule has 1 heterocycles. The molecule has 1 saturated heterocycles. The van der Waals surface area contributed by atoms with Crippen molar-refractivity contribution in [1.82, 2.24) is 5.32 Å². The van der Waals surface area contributed by atoms with Gasteiger partial charge in [0.25, 0.3) is 0 Å². The van der Waals surface area contributed by atoms with E-state index in [9.17, 15) is 4.79 Å². The molecular formula is C15H20BrNO2. The highest BCUT2D eigenvalue weighted by atomic mass is 79.9. The molecule has 2 rings (SSSR count). The van der Waals surface area contributed by atoms with E-state index in [0.717, 1.165) is 41.7 Å². The third-order valence-corrected chi connectivity index (χ3v) is 4.89. The van der Waals surface area contributed by atoms with Crippen molar-refractivity contribution >= 4 is 21.7 Å². The highest BCUT2D eigenvalue weighted by Gasteiger charge is 2.38. The third kappa shape index (κ3) is 3.00. The molecule has 4 heteroatoms. The zero-order valence-corrected chi connectivity index (χ0v) is 13.0. The van der Waals surface area contributed by atoms with Gasteiger partial charge in [-0.2, -0.15) is 0 Å². The Balaban J connectivity index is 2.18. The van der Waals surface area contributed by atoms with Crippen LogP contribution in [0.3, 0.4) is 0 Å². The summed E-state index contributed by atoms with van der Waals surface area (Å²) in [7, 11) is 1.64. The fourth-order valence-corrected chi connectivity index (χ4v) is 3.04. The van der Waals surface area contributed by atoms with Crippen LogP contribution in [0, 0.1) is 5.41 Å². The molecule has 104 valence electrons. The molecule has 1 unspecified atom stereocenters. The quantitative estimate of drug-likeness (QED) is 0.904. The van der Waals surface area contributed by atoms with Gasteiger partial charge in [0.05, 0.1) is 7.11 Å². The van der Waals surface area contributed by atoms with Crippen molar-refractivity contribution in [2.75, 3.05) is 20.2 Å². The first-order valence-corrected chi connectivity index (χ1v) is 7.47. The van der Waals surface area contributed by atoms with E-state index in [1.54, 1.807) is 7.11 Å². The predicted molar refractivity (Wildman–Crippen MR) is 79.6 cm³/mol. The molecule has 0 radical (unpaired) electrons. The smallest absolute Gasteiger partial charge is 0.144 e. The summed E-state index contributed by atoms with van der Waals surface area (Å²) in [4.78, 5) is 12.6. The van der Waals surface area contributed by atoms with E-state index in [-0.39, 0.29) is 5.41 Å². The molecule has 1 N–H and O–H groups in total. The van der Waals surface area contributed by atoms with Crippen LogP contribution in [-0.2, 0) is 11.2 Å². The third-order valence-electron chi connectivity index (χ3n) is 4.12. The van der Waals surface area contributed by atoms with E-state index in [1.165, 1.54) is 0 Å². The first-order valence-electron chi connectivity index (χ1n) is 6.68.